The molecule has 2 heterocycles. The van der Waals surface area contributed by atoms with Crippen LogP contribution < -0.4 is 10.5 Å². The van der Waals surface area contributed by atoms with E-state index in [4.69, 9.17) is 15.6 Å². The Labute approximate surface area is 132 Å². The fourth-order valence-corrected chi connectivity index (χ4v) is 2.23. The fourth-order valence-electron chi connectivity index (χ4n) is 2.23. The molecule has 0 bridgehead atoms. The van der Waals surface area contributed by atoms with Crippen LogP contribution in [-0.4, -0.2) is 38.1 Å². The number of methoxy groups -OCH3 is 1. The number of anilines is 1. The van der Waals surface area contributed by atoms with Gasteiger partial charge in [0.05, 0.1) is 12.8 Å². The molecule has 118 valence electrons. The van der Waals surface area contributed by atoms with Crippen LogP contribution in [-0.2, 0) is 4.79 Å². The van der Waals surface area contributed by atoms with Gasteiger partial charge in [0.25, 0.3) is 0 Å². The van der Waals surface area contributed by atoms with Crippen LogP contribution in [0, 0.1) is 0 Å². The van der Waals surface area contributed by atoms with E-state index >= 15 is 0 Å². The summed E-state index contributed by atoms with van der Waals surface area (Å²) in [5.41, 5.74) is 7.82. The highest BCUT2D eigenvalue weighted by Crippen LogP contribution is 2.44. The summed E-state index contributed by atoms with van der Waals surface area (Å²) in [5, 5.41) is 8.67. The highest BCUT2D eigenvalue weighted by atomic mass is 16.5. The van der Waals surface area contributed by atoms with Crippen LogP contribution in [0.1, 0.15) is 30.0 Å². The van der Waals surface area contributed by atoms with Crippen LogP contribution in [0.25, 0.3) is 17.5 Å². The summed E-state index contributed by atoms with van der Waals surface area (Å²) in [6, 6.07) is 0. The van der Waals surface area contributed by atoms with Crippen molar-refractivity contribution in [3.8, 4) is 17.3 Å². The van der Waals surface area contributed by atoms with Crippen molar-refractivity contribution in [3.63, 3.8) is 0 Å². The summed E-state index contributed by atoms with van der Waals surface area (Å²) < 4.78 is 5.30. The Morgan fingerprint density at radius 3 is 2.78 bits per heavy atom. The lowest BCUT2D eigenvalue weighted by molar-refractivity contribution is -0.131. The standard InChI is InChI=1S/C15H15N5O3/c1-23-15-11(12(8-2-3-8)18-7-19-15)14-17-6-9(13(16)20-14)4-5-10(21)22/h4-8H,2-3H2,1H3,(H,21,22)(H2,16,17,20)/b5-4+. The number of nitrogen functional groups attached to an aromatic ring is 1. The molecule has 23 heavy (non-hydrogen) atoms. The summed E-state index contributed by atoms with van der Waals surface area (Å²) in [6.07, 6.45) is 7.38. The first-order valence-corrected chi connectivity index (χ1v) is 7.03. The van der Waals surface area contributed by atoms with Crippen LogP contribution in [0.3, 0.4) is 0 Å². The zero-order chi connectivity index (χ0) is 16.4. The third-order valence-electron chi connectivity index (χ3n) is 3.48. The lowest BCUT2D eigenvalue weighted by Gasteiger charge is -2.11. The number of aromatic nitrogens is 4. The van der Waals surface area contributed by atoms with E-state index in [1.165, 1.54) is 25.7 Å². The first-order valence-electron chi connectivity index (χ1n) is 7.03. The van der Waals surface area contributed by atoms with Gasteiger partial charge in [-0.1, -0.05) is 0 Å². The molecule has 2 aromatic heterocycles. The zero-order valence-corrected chi connectivity index (χ0v) is 12.4. The lowest BCUT2D eigenvalue weighted by Crippen LogP contribution is -2.04. The first kappa shape index (κ1) is 14.9. The second-order valence-electron chi connectivity index (χ2n) is 5.12. The average Bonchev–Trinajstić information content (AvgIpc) is 3.37. The van der Waals surface area contributed by atoms with Crippen molar-refractivity contribution in [2.24, 2.45) is 0 Å². The first-order chi connectivity index (χ1) is 11.1. The summed E-state index contributed by atoms with van der Waals surface area (Å²) in [6.45, 7) is 0. The van der Waals surface area contributed by atoms with E-state index in [1.807, 2.05) is 0 Å². The van der Waals surface area contributed by atoms with Gasteiger partial charge in [-0.15, -0.1) is 0 Å². The third kappa shape index (κ3) is 3.10. The molecule has 0 aliphatic heterocycles. The third-order valence-corrected chi connectivity index (χ3v) is 3.48. The second kappa shape index (κ2) is 5.99. The van der Waals surface area contributed by atoms with Crippen LogP contribution >= 0.6 is 0 Å². The number of nitrogens with two attached hydrogens (primary N) is 1. The van der Waals surface area contributed by atoms with E-state index < -0.39 is 5.97 Å². The number of nitrogens with zero attached hydrogens (tertiary/aromatic N) is 4. The average molecular weight is 313 g/mol. The van der Waals surface area contributed by atoms with Crippen LogP contribution in [0.4, 0.5) is 5.82 Å². The largest absolute Gasteiger partial charge is 0.480 e. The predicted molar refractivity (Wildman–Crippen MR) is 82.7 cm³/mol. The molecule has 3 rings (SSSR count). The van der Waals surface area contributed by atoms with Crippen molar-refractivity contribution in [2.45, 2.75) is 18.8 Å². The molecule has 0 spiro atoms. The molecule has 8 heteroatoms. The minimum Gasteiger partial charge on any atom is -0.480 e. The van der Waals surface area contributed by atoms with Gasteiger partial charge >= 0.3 is 5.97 Å². The molecular formula is C15H15N5O3. The summed E-state index contributed by atoms with van der Waals surface area (Å²) >= 11 is 0. The Morgan fingerprint density at radius 2 is 2.17 bits per heavy atom. The van der Waals surface area contributed by atoms with Crippen LogP contribution in [0.15, 0.2) is 18.6 Å². The van der Waals surface area contributed by atoms with E-state index in [-0.39, 0.29) is 5.82 Å². The minimum atomic E-state index is -1.07. The molecule has 1 aliphatic carbocycles. The lowest BCUT2D eigenvalue weighted by atomic mass is 10.1. The maximum Gasteiger partial charge on any atom is 0.328 e. The number of aliphatic carboxylic acids is 1. The van der Waals surface area contributed by atoms with Crippen molar-refractivity contribution in [3.05, 3.63) is 29.9 Å². The smallest absolute Gasteiger partial charge is 0.328 e. The number of hydrogen-bond acceptors (Lipinski definition) is 7. The highest BCUT2D eigenvalue weighted by Gasteiger charge is 2.31. The number of hydrogen-bond donors (Lipinski definition) is 2. The van der Waals surface area contributed by atoms with Gasteiger partial charge in [0.2, 0.25) is 5.88 Å². The van der Waals surface area contributed by atoms with Gasteiger partial charge in [-0.3, -0.25) is 0 Å². The van der Waals surface area contributed by atoms with Crippen molar-refractivity contribution in [1.29, 1.82) is 0 Å². The molecule has 0 radical (unpaired) electrons. The topological polar surface area (TPSA) is 124 Å². The number of ether oxygens (including phenoxy) is 1. The molecule has 0 saturated heterocycles. The van der Waals surface area contributed by atoms with Gasteiger partial charge in [0.15, 0.2) is 5.82 Å². The summed E-state index contributed by atoms with van der Waals surface area (Å²) in [7, 11) is 1.52. The van der Waals surface area contributed by atoms with Gasteiger partial charge in [0.1, 0.15) is 17.7 Å². The van der Waals surface area contributed by atoms with Crippen LogP contribution in [0.2, 0.25) is 0 Å². The monoisotopic (exact) mass is 313 g/mol. The Kier molecular flexibility index (Phi) is 3.88. The molecule has 0 atom stereocenters. The maximum atomic E-state index is 10.6. The second-order valence-corrected chi connectivity index (χ2v) is 5.12. The number of rotatable bonds is 5. The van der Waals surface area contributed by atoms with Gasteiger partial charge in [-0.2, -0.15) is 0 Å². The predicted octanol–water partition coefficient (Wildman–Crippen LogP) is 1.50. The number of carbonyl (C=O) groups is 1. The Hall–Kier alpha value is -3.03. The highest BCUT2D eigenvalue weighted by molar-refractivity contribution is 5.86. The van der Waals surface area contributed by atoms with E-state index in [0.717, 1.165) is 24.6 Å². The normalized spacial score (nSPS) is 14.1. The fraction of sp³-hybridized carbons (Fsp3) is 0.267. The van der Waals surface area contributed by atoms with Gasteiger partial charge < -0.3 is 15.6 Å². The van der Waals surface area contributed by atoms with Gasteiger partial charge in [-0.05, 0) is 18.9 Å². The SMILES string of the molecule is COc1ncnc(C2CC2)c1-c1ncc(/C=C/C(=O)O)c(N)n1. The van der Waals surface area contributed by atoms with E-state index in [2.05, 4.69) is 19.9 Å². The molecule has 0 aromatic carbocycles. The molecule has 1 aliphatic rings. The molecule has 8 nitrogen and oxygen atoms in total. The Morgan fingerprint density at radius 1 is 1.39 bits per heavy atom. The molecule has 3 N–H and O–H groups in total. The Balaban J connectivity index is 2.05. The molecule has 0 unspecified atom stereocenters. The van der Waals surface area contributed by atoms with Crippen molar-refractivity contribution in [2.75, 3.05) is 12.8 Å². The van der Waals surface area contributed by atoms with Crippen molar-refractivity contribution < 1.29 is 14.6 Å². The zero-order valence-electron chi connectivity index (χ0n) is 12.4. The number of carboxylic acids is 1. The van der Waals surface area contributed by atoms with Gasteiger partial charge in [-0.25, -0.2) is 24.7 Å². The summed E-state index contributed by atoms with van der Waals surface area (Å²) in [4.78, 5) is 27.6. The van der Waals surface area contributed by atoms with Gasteiger partial charge in [0, 0.05) is 23.8 Å². The van der Waals surface area contributed by atoms with Crippen molar-refractivity contribution in [1.82, 2.24) is 19.9 Å². The molecular weight excluding hydrogens is 298 g/mol. The molecule has 1 saturated carbocycles. The molecule has 2 aromatic rings. The molecule has 1 fully saturated rings. The maximum absolute atomic E-state index is 10.6. The van der Waals surface area contributed by atoms with Crippen LogP contribution in [0.5, 0.6) is 5.88 Å². The van der Waals surface area contributed by atoms with E-state index in [1.54, 1.807) is 0 Å². The summed E-state index contributed by atoms with van der Waals surface area (Å²) in [5.74, 6) is 0.241. The quantitative estimate of drug-likeness (QED) is 0.796. The molecule has 0 amide bonds. The van der Waals surface area contributed by atoms with Crippen molar-refractivity contribution >= 4 is 17.9 Å². The van der Waals surface area contributed by atoms with E-state index in [9.17, 15) is 4.79 Å². The number of carboxylic acid groups (broad SMARTS) is 1. The van der Waals surface area contributed by atoms with E-state index in [0.29, 0.717) is 28.7 Å². The Bertz CT molecular complexity index is 787. The minimum absolute atomic E-state index is 0.181.